The average molecular weight is 381 g/mol. The second kappa shape index (κ2) is 7.45. The molecule has 2 aromatic carbocycles. The number of amidine groups is 1. The number of hydrogen-bond donors (Lipinski definition) is 1. The Hall–Kier alpha value is -1.78. The molecule has 2 nitrogen and oxygen atoms in total. The van der Waals surface area contributed by atoms with Crippen LogP contribution in [0.25, 0.3) is 20.2 Å². The Morgan fingerprint density at radius 2 is 1.92 bits per heavy atom. The number of thiol groups is 1. The fraction of sp³-hybridized carbons (Fsp3) is 0.318. The molecule has 4 heteroatoms. The molecule has 1 unspecified atom stereocenters. The predicted molar refractivity (Wildman–Crippen MR) is 119 cm³/mol. The molecule has 0 N–H and O–H groups in total. The zero-order chi connectivity index (χ0) is 18.1. The van der Waals surface area contributed by atoms with E-state index < -0.39 is 0 Å². The van der Waals surface area contributed by atoms with Gasteiger partial charge in [0.2, 0.25) is 0 Å². The molecule has 1 aromatic heterocycles. The molecule has 26 heavy (non-hydrogen) atoms. The Morgan fingerprint density at radius 1 is 1.12 bits per heavy atom. The summed E-state index contributed by atoms with van der Waals surface area (Å²) in [5.74, 6) is 1.59. The van der Waals surface area contributed by atoms with Gasteiger partial charge in [-0.05, 0) is 50.1 Å². The van der Waals surface area contributed by atoms with Gasteiger partial charge >= 0.3 is 0 Å². The molecule has 0 amide bonds. The number of fused-ring (bicyclic) bond motifs is 3. The van der Waals surface area contributed by atoms with Crippen LogP contribution in [0.4, 0.5) is 0 Å². The first-order valence-electron chi connectivity index (χ1n) is 9.21. The molecule has 1 heterocycles. The van der Waals surface area contributed by atoms with Crippen molar-refractivity contribution < 1.29 is 0 Å². The Labute approximate surface area is 164 Å². The van der Waals surface area contributed by atoms with E-state index in [0.717, 1.165) is 12.3 Å². The first-order chi connectivity index (χ1) is 12.7. The molecule has 0 radical (unpaired) electrons. The van der Waals surface area contributed by atoms with Crippen LogP contribution in [-0.2, 0) is 0 Å². The number of hydrogen-bond acceptors (Lipinski definition) is 3. The lowest BCUT2D eigenvalue weighted by atomic mass is 9.94. The van der Waals surface area contributed by atoms with Crippen molar-refractivity contribution in [3.8, 4) is 0 Å². The fourth-order valence-corrected chi connectivity index (χ4v) is 5.49. The third-order valence-corrected chi connectivity index (χ3v) is 6.88. The number of rotatable bonds is 2. The number of nitrogens with zero attached hydrogens (tertiary/aromatic N) is 2. The molecule has 0 aliphatic heterocycles. The smallest absolute Gasteiger partial charge is 0.144 e. The van der Waals surface area contributed by atoms with Crippen molar-refractivity contribution in [1.82, 2.24) is 4.90 Å². The van der Waals surface area contributed by atoms with Crippen molar-refractivity contribution in [1.29, 1.82) is 0 Å². The summed E-state index contributed by atoms with van der Waals surface area (Å²) >= 11 is 6.22. The molecule has 1 aliphatic carbocycles. The quantitative estimate of drug-likeness (QED) is 0.238. The molecule has 0 fully saturated rings. The van der Waals surface area contributed by atoms with E-state index in [9.17, 15) is 0 Å². The molecular weight excluding hydrogens is 356 g/mol. The number of thiophene rings is 1. The van der Waals surface area contributed by atoms with E-state index in [1.54, 1.807) is 0 Å². The van der Waals surface area contributed by atoms with Crippen LogP contribution < -0.4 is 0 Å². The third-order valence-electron chi connectivity index (χ3n) is 5.56. The van der Waals surface area contributed by atoms with Gasteiger partial charge in [0.15, 0.2) is 0 Å². The summed E-state index contributed by atoms with van der Waals surface area (Å²) in [6.07, 6.45) is 8.09. The summed E-state index contributed by atoms with van der Waals surface area (Å²) in [7, 11) is 2.17. The lowest BCUT2D eigenvalue weighted by Gasteiger charge is -2.34. The van der Waals surface area contributed by atoms with Crippen LogP contribution in [0.5, 0.6) is 0 Å². The van der Waals surface area contributed by atoms with Crippen molar-refractivity contribution >= 4 is 50.2 Å². The minimum atomic E-state index is 0.444. The Kier molecular flexibility index (Phi) is 5.05. The van der Waals surface area contributed by atoms with Gasteiger partial charge in [0.1, 0.15) is 5.84 Å². The van der Waals surface area contributed by atoms with Gasteiger partial charge in [-0.25, -0.2) is 4.40 Å². The zero-order valence-corrected chi connectivity index (χ0v) is 16.9. The number of allylic oxidation sites excluding steroid dienone is 1. The molecule has 4 rings (SSSR count). The van der Waals surface area contributed by atoms with Gasteiger partial charge in [-0.3, -0.25) is 0 Å². The molecule has 0 spiro atoms. The zero-order valence-electron chi connectivity index (χ0n) is 15.2. The number of benzene rings is 2. The minimum absolute atomic E-state index is 0.444. The summed E-state index contributed by atoms with van der Waals surface area (Å²) in [5, 5.41) is 2.60. The van der Waals surface area contributed by atoms with E-state index in [4.69, 9.17) is 0 Å². The molecule has 0 bridgehead atoms. The topological polar surface area (TPSA) is 15.6 Å². The molecule has 0 saturated heterocycles. The van der Waals surface area contributed by atoms with E-state index in [2.05, 4.69) is 90.7 Å². The van der Waals surface area contributed by atoms with Gasteiger partial charge in [-0.2, -0.15) is 0 Å². The summed E-state index contributed by atoms with van der Waals surface area (Å²) < 4.78 is 7.08. The van der Waals surface area contributed by atoms with Crippen molar-refractivity contribution in [2.75, 3.05) is 7.05 Å². The second-order valence-corrected chi connectivity index (χ2v) is 8.42. The van der Waals surface area contributed by atoms with Crippen molar-refractivity contribution in [2.24, 2.45) is 10.3 Å². The highest BCUT2D eigenvalue weighted by molar-refractivity contribution is 7.79. The Bertz CT molecular complexity index is 986. The van der Waals surface area contributed by atoms with Crippen LogP contribution in [0, 0.1) is 5.92 Å². The third kappa shape index (κ3) is 3.06. The highest BCUT2D eigenvalue weighted by atomic mass is 32.1. The molecular formula is C22H24N2S2. The normalized spacial score (nSPS) is 21.3. The van der Waals surface area contributed by atoms with Gasteiger partial charge in [0.05, 0.1) is 0 Å². The van der Waals surface area contributed by atoms with E-state index in [-0.39, 0.29) is 0 Å². The van der Waals surface area contributed by atoms with Gasteiger partial charge in [-0.15, -0.1) is 11.3 Å². The monoisotopic (exact) mass is 380 g/mol. The van der Waals surface area contributed by atoms with Crippen LogP contribution in [-0.4, -0.2) is 23.8 Å². The van der Waals surface area contributed by atoms with Crippen molar-refractivity contribution in [3.05, 3.63) is 60.2 Å². The van der Waals surface area contributed by atoms with Crippen LogP contribution in [0.15, 0.2) is 59.0 Å². The van der Waals surface area contributed by atoms with Gasteiger partial charge in [0, 0.05) is 38.8 Å². The maximum atomic E-state index is 4.45. The molecule has 2 atom stereocenters. The summed E-state index contributed by atoms with van der Waals surface area (Å²) in [6.45, 7) is 2.35. The molecule has 3 aromatic rings. The first-order valence-corrected chi connectivity index (χ1v) is 10.4. The molecule has 134 valence electrons. The first kappa shape index (κ1) is 17.6. The van der Waals surface area contributed by atoms with Gasteiger partial charge in [0.25, 0.3) is 0 Å². The standard InChI is InChI=1S/C22H24N2S2/c1-15-9-4-3-5-12-18(15)24(2)22(23-25)17-11-8-14-20-21(17)16-10-6-7-13-19(16)26-20/h3,5-8,10-11,13-15,18,25H,4,9,12H2,1-2H3/b23-22-/t15?,18-/m0/s1. The average Bonchev–Trinajstić information content (AvgIpc) is 2.90. The molecule has 1 aliphatic rings. The largest absolute Gasteiger partial charge is 0.355 e. The van der Waals surface area contributed by atoms with Gasteiger partial charge in [-0.1, -0.05) is 49.4 Å². The van der Waals surface area contributed by atoms with Crippen LogP contribution in [0.2, 0.25) is 0 Å². The van der Waals surface area contributed by atoms with Crippen molar-refractivity contribution in [3.63, 3.8) is 0 Å². The second-order valence-electron chi connectivity index (χ2n) is 7.14. The maximum absolute atomic E-state index is 4.45. The van der Waals surface area contributed by atoms with E-state index in [1.165, 1.54) is 38.6 Å². The van der Waals surface area contributed by atoms with E-state index >= 15 is 0 Å². The van der Waals surface area contributed by atoms with E-state index in [1.807, 2.05) is 11.3 Å². The van der Waals surface area contributed by atoms with Crippen LogP contribution in [0.1, 0.15) is 31.7 Å². The highest BCUT2D eigenvalue weighted by Crippen LogP contribution is 2.37. The summed E-state index contributed by atoms with van der Waals surface area (Å²) in [6, 6.07) is 15.6. The Balaban J connectivity index is 1.83. The maximum Gasteiger partial charge on any atom is 0.144 e. The minimum Gasteiger partial charge on any atom is -0.355 e. The summed E-state index contributed by atoms with van der Waals surface area (Å²) in [4.78, 5) is 2.34. The van der Waals surface area contributed by atoms with Crippen LogP contribution in [0.3, 0.4) is 0 Å². The fourth-order valence-electron chi connectivity index (χ4n) is 4.11. The predicted octanol–water partition coefficient (Wildman–Crippen LogP) is 6.32. The van der Waals surface area contributed by atoms with Crippen molar-refractivity contribution in [2.45, 2.75) is 32.2 Å². The highest BCUT2D eigenvalue weighted by Gasteiger charge is 2.26. The lowest BCUT2D eigenvalue weighted by molar-refractivity contribution is 0.268. The van der Waals surface area contributed by atoms with E-state index in [0.29, 0.717) is 12.0 Å². The lowest BCUT2D eigenvalue weighted by Crippen LogP contribution is -2.41. The molecule has 0 saturated carbocycles. The van der Waals surface area contributed by atoms with Gasteiger partial charge < -0.3 is 4.90 Å². The summed E-state index contributed by atoms with van der Waals surface area (Å²) in [5.41, 5.74) is 1.18. The van der Waals surface area contributed by atoms with Crippen LogP contribution >= 0.6 is 24.2 Å². The SMILES string of the molecule is CC1CCC=CC[C@@H]1N(C)/C(=N\S)c1cccc2sc3ccccc3c12. The Morgan fingerprint density at radius 3 is 2.77 bits per heavy atom.